The molecule has 1 nitrogen and oxygen atoms in total. The van der Waals surface area contributed by atoms with Gasteiger partial charge in [-0.1, -0.05) is 27.2 Å². The van der Waals surface area contributed by atoms with Gasteiger partial charge in [0.1, 0.15) is 0 Å². The number of nitrogens with one attached hydrogen (secondary N) is 1. The molecule has 3 unspecified atom stereocenters. The minimum absolute atomic E-state index is 0.781. The Kier molecular flexibility index (Phi) is 4.44. The van der Waals surface area contributed by atoms with E-state index in [0.29, 0.717) is 0 Å². The third kappa shape index (κ3) is 2.98. The van der Waals surface area contributed by atoms with Crippen LogP contribution in [0.4, 0.5) is 0 Å². The molecule has 2 heteroatoms. The molecule has 1 rings (SSSR count). The molecule has 1 N–H and O–H groups in total. The summed E-state index contributed by atoms with van der Waals surface area (Å²) in [7, 11) is 0. The zero-order valence-electron chi connectivity index (χ0n) is 8.47. The maximum absolute atomic E-state index is 3.66. The van der Waals surface area contributed by atoms with E-state index in [-0.39, 0.29) is 0 Å². The van der Waals surface area contributed by atoms with Crippen LogP contribution in [0.25, 0.3) is 0 Å². The average Bonchev–Trinajstić information content (AvgIpc) is 2.47. The van der Waals surface area contributed by atoms with E-state index in [4.69, 9.17) is 0 Å². The van der Waals surface area contributed by atoms with Gasteiger partial charge in [-0.05, 0) is 24.6 Å². The summed E-state index contributed by atoms with van der Waals surface area (Å²) < 4.78 is 0. The molecule has 1 heterocycles. The molecule has 0 saturated carbocycles. The smallest absolute Gasteiger partial charge is 0.0191 e. The van der Waals surface area contributed by atoms with Gasteiger partial charge in [0.05, 0.1) is 0 Å². The first-order chi connectivity index (χ1) is 5.74. The predicted molar refractivity (Wildman–Crippen MR) is 57.8 cm³/mol. The van der Waals surface area contributed by atoms with Crippen molar-refractivity contribution in [3.05, 3.63) is 0 Å². The van der Waals surface area contributed by atoms with Gasteiger partial charge in [-0.3, -0.25) is 0 Å². The molecule has 1 fully saturated rings. The molecular weight excluding hydrogens is 166 g/mol. The van der Waals surface area contributed by atoms with Gasteiger partial charge in [0.15, 0.2) is 0 Å². The van der Waals surface area contributed by atoms with Gasteiger partial charge < -0.3 is 5.32 Å². The third-order valence-electron chi connectivity index (χ3n) is 2.80. The Labute approximate surface area is 80.7 Å². The summed E-state index contributed by atoms with van der Waals surface area (Å²) in [6, 6.07) is 0.781. The monoisotopic (exact) mass is 187 g/mol. The van der Waals surface area contributed by atoms with Gasteiger partial charge in [0, 0.05) is 11.3 Å². The van der Waals surface area contributed by atoms with E-state index in [2.05, 4.69) is 37.8 Å². The Bertz CT molecular complexity index is 127. The molecule has 1 aliphatic heterocycles. The quantitative estimate of drug-likeness (QED) is 0.726. The first kappa shape index (κ1) is 10.4. The van der Waals surface area contributed by atoms with Gasteiger partial charge in [0.25, 0.3) is 0 Å². The summed E-state index contributed by atoms with van der Waals surface area (Å²) in [5.74, 6) is 2.18. The second-order valence-corrected chi connectivity index (χ2v) is 5.38. The molecule has 0 aliphatic carbocycles. The van der Waals surface area contributed by atoms with Crippen molar-refractivity contribution in [2.24, 2.45) is 5.92 Å². The van der Waals surface area contributed by atoms with Crippen LogP contribution in [0.2, 0.25) is 0 Å². The number of rotatable bonds is 4. The fourth-order valence-corrected chi connectivity index (χ4v) is 2.72. The predicted octanol–water partition coefficient (Wildman–Crippen LogP) is 2.52. The first-order valence-electron chi connectivity index (χ1n) is 5.09. The molecule has 0 bridgehead atoms. The fourth-order valence-electron chi connectivity index (χ4n) is 1.50. The van der Waals surface area contributed by atoms with E-state index in [1.54, 1.807) is 0 Å². The summed E-state index contributed by atoms with van der Waals surface area (Å²) in [6.45, 7) is 8.12. The van der Waals surface area contributed by atoms with E-state index in [9.17, 15) is 0 Å². The number of hydrogen-bond acceptors (Lipinski definition) is 2. The van der Waals surface area contributed by atoms with E-state index in [1.807, 2.05) is 0 Å². The summed E-state index contributed by atoms with van der Waals surface area (Å²) in [4.78, 5) is 0. The molecule has 1 saturated heterocycles. The minimum Gasteiger partial charge on any atom is -0.313 e. The van der Waals surface area contributed by atoms with Crippen LogP contribution in [0.3, 0.4) is 0 Å². The zero-order chi connectivity index (χ0) is 8.97. The van der Waals surface area contributed by atoms with Crippen LogP contribution < -0.4 is 5.32 Å². The maximum Gasteiger partial charge on any atom is 0.0191 e. The second-order valence-electron chi connectivity index (χ2n) is 3.89. The maximum atomic E-state index is 3.66. The number of thioether (sulfide) groups is 1. The van der Waals surface area contributed by atoms with Crippen LogP contribution in [-0.4, -0.2) is 23.6 Å². The fraction of sp³-hybridized carbons (Fsp3) is 1.00. The highest BCUT2D eigenvalue weighted by atomic mass is 32.2. The minimum atomic E-state index is 0.781. The van der Waals surface area contributed by atoms with Crippen LogP contribution >= 0.6 is 11.8 Å². The summed E-state index contributed by atoms with van der Waals surface area (Å²) in [5, 5.41) is 4.49. The van der Waals surface area contributed by atoms with Crippen molar-refractivity contribution >= 4 is 11.8 Å². The van der Waals surface area contributed by atoms with Crippen LogP contribution in [0.1, 0.15) is 33.6 Å². The van der Waals surface area contributed by atoms with Gasteiger partial charge >= 0.3 is 0 Å². The molecule has 0 amide bonds. The van der Waals surface area contributed by atoms with E-state index in [1.165, 1.54) is 25.1 Å². The second kappa shape index (κ2) is 5.13. The van der Waals surface area contributed by atoms with Gasteiger partial charge in [-0.25, -0.2) is 0 Å². The lowest BCUT2D eigenvalue weighted by Gasteiger charge is -2.18. The van der Waals surface area contributed by atoms with Gasteiger partial charge in [0.2, 0.25) is 0 Å². The van der Waals surface area contributed by atoms with Gasteiger partial charge in [-0.2, -0.15) is 11.8 Å². The lowest BCUT2D eigenvalue weighted by atomic mass is 10.1. The van der Waals surface area contributed by atoms with Crippen molar-refractivity contribution in [3.63, 3.8) is 0 Å². The molecule has 0 aromatic heterocycles. The molecule has 0 radical (unpaired) electrons. The molecule has 3 atom stereocenters. The third-order valence-corrected chi connectivity index (χ3v) is 4.13. The Balaban J connectivity index is 2.13. The Morgan fingerprint density at radius 1 is 1.58 bits per heavy atom. The molecule has 0 spiro atoms. The van der Waals surface area contributed by atoms with E-state index < -0.39 is 0 Å². The molecule has 0 aromatic carbocycles. The Hall–Kier alpha value is 0.310. The SMILES string of the molecule is CCC(C)CNC1CCSC1C. The lowest BCUT2D eigenvalue weighted by molar-refractivity contribution is 0.436. The Morgan fingerprint density at radius 3 is 2.83 bits per heavy atom. The zero-order valence-corrected chi connectivity index (χ0v) is 9.29. The van der Waals surface area contributed by atoms with Crippen molar-refractivity contribution < 1.29 is 0 Å². The van der Waals surface area contributed by atoms with Crippen molar-refractivity contribution in [1.29, 1.82) is 0 Å². The highest BCUT2D eigenvalue weighted by Crippen LogP contribution is 2.26. The number of hydrogen-bond donors (Lipinski definition) is 1. The molecule has 0 aromatic rings. The highest BCUT2D eigenvalue weighted by molar-refractivity contribution is 8.00. The van der Waals surface area contributed by atoms with Crippen LogP contribution in [0, 0.1) is 5.92 Å². The van der Waals surface area contributed by atoms with Crippen molar-refractivity contribution in [2.45, 2.75) is 44.9 Å². The summed E-state index contributed by atoms with van der Waals surface area (Å²) in [5.41, 5.74) is 0. The van der Waals surface area contributed by atoms with Crippen LogP contribution in [-0.2, 0) is 0 Å². The molecular formula is C10H21NS. The van der Waals surface area contributed by atoms with Crippen LogP contribution in [0.15, 0.2) is 0 Å². The molecule has 72 valence electrons. The normalized spacial score (nSPS) is 32.2. The van der Waals surface area contributed by atoms with Crippen molar-refractivity contribution in [2.75, 3.05) is 12.3 Å². The highest BCUT2D eigenvalue weighted by Gasteiger charge is 2.23. The standard InChI is InChI=1S/C10H21NS/c1-4-8(2)7-11-10-5-6-12-9(10)3/h8-11H,4-7H2,1-3H3. The topological polar surface area (TPSA) is 12.0 Å². The van der Waals surface area contributed by atoms with E-state index in [0.717, 1.165) is 17.2 Å². The summed E-state index contributed by atoms with van der Waals surface area (Å²) >= 11 is 2.10. The Morgan fingerprint density at radius 2 is 2.33 bits per heavy atom. The largest absolute Gasteiger partial charge is 0.313 e. The van der Waals surface area contributed by atoms with E-state index >= 15 is 0 Å². The lowest BCUT2D eigenvalue weighted by Crippen LogP contribution is -2.36. The van der Waals surface area contributed by atoms with Gasteiger partial charge in [-0.15, -0.1) is 0 Å². The first-order valence-corrected chi connectivity index (χ1v) is 6.14. The average molecular weight is 187 g/mol. The molecule has 12 heavy (non-hydrogen) atoms. The van der Waals surface area contributed by atoms with Crippen LogP contribution in [0.5, 0.6) is 0 Å². The summed E-state index contributed by atoms with van der Waals surface area (Å²) in [6.07, 6.45) is 2.66. The van der Waals surface area contributed by atoms with Crippen molar-refractivity contribution in [3.8, 4) is 0 Å². The molecule has 1 aliphatic rings. The van der Waals surface area contributed by atoms with Crippen molar-refractivity contribution in [1.82, 2.24) is 5.32 Å².